The fourth-order valence-corrected chi connectivity index (χ4v) is 0.919. The van der Waals surface area contributed by atoms with Crippen LogP contribution >= 0.6 is 0 Å². The van der Waals surface area contributed by atoms with Crippen LogP contribution in [-0.2, 0) is 6.42 Å². The minimum Gasteiger partial charge on any atom is -0.364 e. The molecule has 1 nitrogen and oxygen atoms in total. The van der Waals surface area contributed by atoms with E-state index in [1.807, 2.05) is 31.2 Å². The van der Waals surface area contributed by atoms with Gasteiger partial charge in [0.05, 0.1) is 0 Å². The van der Waals surface area contributed by atoms with Crippen LogP contribution in [0.4, 0.5) is 4.39 Å². The molecule has 0 aliphatic heterocycles. The third kappa shape index (κ3) is 2.68. The zero-order chi connectivity index (χ0) is 8.27. The Labute approximate surface area is 65.5 Å². The van der Waals surface area contributed by atoms with Crippen molar-refractivity contribution in [2.45, 2.75) is 19.7 Å². The predicted octanol–water partition coefficient (Wildman–Crippen LogP) is 1.83. The zero-order valence-corrected chi connectivity index (χ0v) is 6.42. The van der Waals surface area contributed by atoms with E-state index >= 15 is 0 Å². The molecule has 0 bridgehead atoms. The Morgan fingerprint density at radius 2 is 1.91 bits per heavy atom. The van der Waals surface area contributed by atoms with E-state index in [2.05, 4.69) is 0 Å². The van der Waals surface area contributed by atoms with Crippen molar-refractivity contribution in [2.75, 3.05) is 0 Å². The predicted molar refractivity (Wildman–Crippen MR) is 42.0 cm³/mol. The second-order valence-corrected chi connectivity index (χ2v) is 2.62. The summed E-state index contributed by atoms with van der Waals surface area (Å²) in [6.07, 6.45) is -1.65. The Hall–Kier alpha value is -0.890. The highest BCUT2D eigenvalue weighted by Crippen LogP contribution is 2.06. The average Bonchev–Trinajstić information content (AvgIpc) is 1.93. The number of aryl methyl sites for hydroxylation is 1. The Bertz CT molecular complexity index is 216. The second kappa shape index (κ2) is 3.49. The summed E-state index contributed by atoms with van der Waals surface area (Å²) in [4.78, 5) is 0. The monoisotopic (exact) mass is 154 g/mol. The van der Waals surface area contributed by atoms with Gasteiger partial charge in [-0.15, -0.1) is 0 Å². The molecule has 1 rings (SSSR count). The van der Waals surface area contributed by atoms with Crippen LogP contribution < -0.4 is 0 Å². The molecule has 0 amide bonds. The lowest BCUT2D eigenvalue weighted by Crippen LogP contribution is -2.01. The first-order valence-corrected chi connectivity index (χ1v) is 3.56. The maximum absolute atomic E-state index is 12.0. The SMILES string of the molecule is Cc1ccc(CC(O)F)cc1. The summed E-state index contributed by atoms with van der Waals surface area (Å²) >= 11 is 0. The minimum atomic E-state index is -1.74. The molecular formula is C9H11FO. The molecule has 1 atom stereocenters. The first kappa shape index (κ1) is 8.21. The van der Waals surface area contributed by atoms with Crippen LogP contribution in [-0.4, -0.2) is 11.5 Å². The summed E-state index contributed by atoms with van der Waals surface area (Å²) < 4.78 is 12.0. The summed E-state index contributed by atoms with van der Waals surface area (Å²) in [7, 11) is 0. The third-order valence-corrected chi connectivity index (χ3v) is 1.52. The maximum atomic E-state index is 12.0. The summed E-state index contributed by atoms with van der Waals surface area (Å²) in [5, 5.41) is 8.41. The molecule has 1 unspecified atom stereocenters. The van der Waals surface area contributed by atoms with Gasteiger partial charge in [0.2, 0.25) is 0 Å². The van der Waals surface area contributed by atoms with Crippen LogP contribution in [0.5, 0.6) is 0 Å². The van der Waals surface area contributed by atoms with Crippen LogP contribution in [0.3, 0.4) is 0 Å². The number of halogens is 1. The molecule has 0 aliphatic rings. The maximum Gasteiger partial charge on any atom is 0.200 e. The zero-order valence-electron chi connectivity index (χ0n) is 6.42. The number of benzene rings is 1. The number of aliphatic hydroxyl groups is 1. The summed E-state index contributed by atoms with van der Waals surface area (Å²) in [6.45, 7) is 1.97. The van der Waals surface area contributed by atoms with Crippen molar-refractivity contribution >= 4 is 0 Å². The van der Waals surface area contributed by atoms with Crippen molar-refractivity contribution in [2.24, 2.45) is 0 Å². The number of alkyl halides is 1. The molecule has 0 aromatic heterocycles. The lowest BCUT2D eigenvalue weighted by molar-refractivity contribution is 0.0430. The highest BCUT2D eigenvalue weighted by molar-refractivity contribution is 5.21. The average molecular weight is 154 g/mol. The van der Waals surface area contributed by atoms with Crippen molar-refractivity contribution in [1.29, 1.82) is 0 Å². The third-order valence-electron chi connectivity index (χ3n) is 1.52. The van der Waals surface area contributed by atoms with Gasteiger partial charge in [-0.25, -0.2) is 4.39 Å². The summed E-state index contributed by atoms with van der Waals surface area (Å²) in [5.41, 5.74) is 1.97. The van der Waals surface area contributed by atoms with Gasteiger partial charge in [0.15, 0.2) is 6.36 Å². The van der Waals surface area contributed by atoms with Crippen LogP contribution in [0.15, 0.2) is 24.3 Å². The van der Waals surface area contributed by atoms with Crippen LogP contribution in [0.25, 0.3) is 0 Å². The van der Waals surface area contributed by atoms with Crippen molar-refractivity contribution in [1.82, 2.24) is 0 Å². The van der Waals surface area contributed by atoms with Gasteiger partial charge in [-0.2, -0.15) is 0 Å². The van der Waals surface area contributed by atoms with Gasteiger partial charge in [0.1, 0.15) is 0 Å². The van der Waals surface area contributed by atoms with E-state index in [9.17, 15) is 4.39 Å². The molecule has 1 N–H and O–H groups in total. The highest BCUT2D eigenvalue weighted by atomic mass is 19.1. The first-order valence-electron chi connectivity index (χ1n) is 3.56. The van der Waals surface area contributed by atoms with Crippen LogP contribution in [0.2, 0.25) is 0 Å². The van der Waals surface area contributed by atoms with Gasteiger partial charge in [0, 0.05) is 6.42 Å². The lowest BCUT2D eigenvalue weighted by atomic mass is 10.1. The second-order valence-electron chi connectivity index (χ2n) is 2.62. The van der Waals surface area contributed by atoms with E-state index < -0.39 is 6.36 Å². The molecule has 11 heavy (non-hydrogen) atoms. The number of aliphatic hydroxyl groups excluding tert-OH is 1. The van der Waals surface area contributed by atoms with Gasteiger partial charge in [-0.1, -0.05) is 29.8 Å². The smallest absolute Gasteiger partial charge is 0.200 e. The van der Waals surface area contributed by atoms with E-state index in [0.29, 0.717) is 0 Å². The molecule has 0 saturated heterocycles. The fourth-order valence-electron chi connectivity index (χ4n) is 0.919. The van der Waals surface area contributed by atoms with Gasteiger partial charge >= 0.3 is 0 Å². The van der Waals surface area contributed by atoms with Crippen molar-refractivity contribution < 1.29 is 9.50 Å². The molecule has 60 valence electrons. The number of hydrogen-bond acceptors (Lipinski definition) is 1. The Balaban J connectivity index is 2.66. The molecular weight excluding hydrogens is 143 g/mol. The van der Waals surface area contributed by atoms with Gasteiger partial charge in [0.25, 0.3) is 0 Å². The Morgan fingerprint density at radius 1 is 1.36 bits per heavy atom. The first-order chi connectivity index (χ1) is 5.18. The fraction of sp³-hybridized carbons (Fsp3) is 0.333. The van der Waals surface area contributed by atoms with Crippen LogP contribution in [0.1, 0.15) is 11.1 Å². The number of hydrogen-bond donors (Lipinski definition) is 1. The van der Waals surface area contributed by atoms with E-state index in [4.69, 9.17) is 5.11 Å². The van der Waals surface area contributed by atoms with Crippen molar-refractivity contribution in [3.8, 4) is 0 Å². The molecule has 1 aromatic rings. The molecule has 0 spiro atoms. The molecule has 2 heteroatoms. The van der Waals surface area contributed by atoms with E-state index in [1.165, 1.54) is 0 Å². The van der Waals surface area contributed by atoms with Gasteiger partial charge in [-0.05, 0) is 12.5 Å². The van der Waals surface area contributed by atoms with E-state index in [0.717, 1.165) is 11.1 Å². The van der Waals surface area contributed by atoms with Gasteiger partial charge < -0.3 is 5.11 Å². The van der Waals surface area contributed by atoms with Crippen LogP contribution in [0, 0.1) is 6.92 Å². The quantitative estimate of drug-likeness (QED) is 0.689. The normalized spacial score (nSPS) is 13.0. The van der Waals surface area contributed by atoms with Gasteiger partial charge in [-0.3, -0.25) is 0 Å². The Kier molecular flexibility index (Phi) is 2.60. The standard InChI is InChI=1S/C9H11FO/c1-7-2-4-8(5-3-7)6-9(10)11/h2-5,9,11H,6H2,1H3. The van der Waals surface area contributed by atoms with E-state index in [1.54, 1.807) is 0 Å². The molecule has 0 fully saturated rings. The molecule has 0 heterocycles. The summed E-state index contributed by atoms with van der Waals surface area (Å²) in [6, 6.07) is 7.44. The topological polar surface area (TPSA) is 20.2 Å². The molecule has 0 radical (unpaired) electrons. The Morgan fingerprint density at radius 3 is 2.36 bits per heavy atom. The lowest BCUT2D eigenvalue weighted by Gasteiger charge is -2.00. The molecule has 0 aliphatic carbocycles. The highest BCUT2D eigenvalue weighted by Gasteiger charge is 2.00. The van der Waals surface area contributed by atoms with E-state index in [-0.39, 0.29) is 6.42 Å². The van der Waals surface area contributed by atoms with Crippen molar-refractivity contribution in [3.63, 3.8) is 0 Å². The number of rotatable bonds is 2. The summed E-state index contributed by atoms with van der Waals surface area (Å²) in [5.74, 6) is 0. The van der Waals surface area contributed by atoms with Crippen molar-refractivity contribution in [3.05, 3.63) is 35.4 Å². The minimum absolute atomic E-state index is 0.0836. The largest absolute Gasteiger partial charge is 0.364 e. The molecule has 0 saturated carbocycles. The molecule has 1 aromatic carbocycles.